The summed E-state index contributed by atoms with van der Waals surface area (Å²) in [5.74, 6) is 0.452. The predicted molar refractivity (Wildman–Crippen MR) is 267 cm³/mol. The van der Waals surface area contributed by atoms with Gasteiger partial charge in [-0.1, -0.05) is 26.0 Å². The van der Waals surface area contributed by atoms with Gasteiger partial charge in [-0.05, 0) is 98.3 Å². The number of carbonyl (C=O) groups excluding carboxylic acids is 4. The molecule has 2 aromatic carbocycles. The standard InChI is InChI=1S/C46H54N12O7.C2H6.CH5N/c1-10-57-34(19-27(3)52-57)41-48-25-32-31-23-30(40(47)60)24-37(64-18-14-15-54(8)45(62)65-46(5,6)7)38(31)55(42(32)50-41)16-12-13-17-56-39-33(21-29(26-59)22-36(39)63-9)49-44(56)51-43(61)35-20-28(4)53-58(35)11-2;2*1-2/h12-13,19-26H,10-11,14-18H2,1-9H3,(H2,47,60)(H,49,51,61);1-2H3;2H2,1H3/b13-12+;;. The van der Waals surface area contributed by atoms with Gasteiger partial charge in [-0.3, -0.25) is 29.1 Å². The molecular formula is C49H65N13O7. The molecular weight excluding hydrogens is 883 g/mol. The van der Waals surface area contributed by atoms with E-state index in [1.807, 2.05) is 89.8 Å². The third-order valence-electron chi connectivity index (χ3n) is 10.6. The predicted octanol–water partition coefficient (Wildman–Crippen LogP) is 7.32. The van der Waals surface area contributed by atoms with E-state index in [4.69, 9.17) is 34.9 Å². The van der Waals surface area contributed by atoms with Crippen LogP contribution in [-0.2, 0) is 30.9 Å². The van der Waals surface area contributed by atoms with Crippen molar-refractivity contribution < 1.29 is 33.4 Å². The van der Waals surface area contributed by atoms with Crippen molar-refractivity contribution >= 4 is 63.1 Å². The average Bonchev–Trinajstić information content (AvgIpc) is 4.10. The Hall–Kier alpha value is -7.61. The van der Waals surface area contributed by atoms with Crippen LogP contribution in [0, 0.1) is 13.8 Å². The van der Waals surface area contributed by atoms with Gasteiger partial charge >= 0.3 is 6.09 Å². The molecule has 69 heavy (non-hydrogen) atoms. The maximum atomic E-state index is 13.7. The van der Waals surface area contributed by atoms with Crippen LogP contribution < -0.4 is 26.3 Å². The van der Waals surface area contributed by atoms with E-state index in [2.05, 4.69) is 21.2 Å². The van der Waals surface area contributed by atoms with E-state index in [1.165, 1.54) is 19.1 Å². The maximum Gasteiger partial charge on any atom is 0.410 e. The zero-order valence-corrected chi connectivity index (χ0v) is 41.7. The van der Waals surface area contributed by atoms with Gasteiger partial charge in [0, 0.05) is 67.9 Å². The monoisotopic (exact) mass is 948 g/mol. The van der Waals surface area contributed by atoms with Crippen molar-refractivity contribution in [3.8, 4) is 23.0 Å². The number of hydrogen-bond acceptors (Lipinski definition) is 13. The second-order valence-electron chi connectivity index (χ2n) is 16.5. The molecule has 20 nitrogen and oxygen atoms in total. The summed E-state index contributed by atoms with van der Waals surface area (Å²) in [5.41, 5.74) is 15.2. The Labute approximate surface area is 401 Å². The van der Waals surface area contributed by atoms with Gasteiger partial charge in [0.25, 0.3) is 5.91 Å². The van der Waals surface area contributed by atoms with Gasteiger partial charge in [-0.15, -0.1) is 0 Å². The maximum absolute atomic E-state index is 13.7. The summed E-state index contributed by atoms with van der Waals surface area (Å²) in [6, 6.07) is 10.2. The fourth-order valence-electron chi connectivity index (χ4n) is 7.64. The van der Waals surface area contributed by atoms with Crippen molar-refractivity contribution in [2.24, 2.45) is 11.5 Å². The number of benzene rings is 2. The van der Waals surface area contributed by atoms with E-state index in [9.17, 15) is 19.2 Å². The third-order valence-corrected chi connectivity index (χ3v) is 10.6. The number of nitrogens with one attached hydrogen (secondary N) is 1. The molecule has 0 bridgehead atoms. The Morgan fingerprint density at radius 3 is 2.16 bits per heavy atom. The summed E-state index contributed by atoms with van der Waals surface area (Å²) >= 11 is 0. The van der Waals surface area contributed by atoms with Crippen LogP contribution in [0.15, 0.2) is 54.7 Å². The number of allylic oxidation sites excluding steroid dienone is 2. The number of imidazole rings is 1. The Bertz CT molecular complexity index is 2990. The largest absolute Gasteiger partial charge is 0.494 e. The highest BCUT2D eigenvalue weighted by atomic mass is 16.6. The number of amides is 3. The molecule has 0 saturated carbocycles. The molecule has 5 N–H and O–H groups in total. The van der Waals surface area contributed by atoms with Crippen LogP contribution in [-0.4, -0.2) is 113 Å². The first-order valence-corrected chi connectivity index (χ1v) is 22.9. The number of rotatable bonds is 17. The lowest BCUT2D eigenvalue weighted by Crippen LogP contribution is -2.35. The van der Waals surface area contributed by atoms with Gasteiger partial charge in [-0.25, -0.2) is 19.7 Å². The zero-order valence-electron chi connectivity index (χ0n) is 41.7. The van der Waals surface area contributed by atoms with Crippen LogP contribution >= 0.6 is 0 Å². The molecule has 5 aromatic heterocycles. The lowest BCUT2D eigenvalue weighted by atomic mass is 10.1. The van der Waals surface area contributed by atoms with Gasteiger partial charge in [0.1, 0.15) is 45.9 Å². The normalized spacial score (nSPS) is 11.3. The van der Waals surface area contributed by atoms with E-state index in [-0.39, 0.29) is 31.2 Å². The second-order valence-corrected chi connectivity index (χ2v) is 16.5. The number of carbonyl (C=O) groups is 4. The highest BCUT2D eigenvalue weighted by molar-refractivity contribution is 6.12. The minimum atomic E-state index is -0.639. The van der Waals surface area contributed by atoms with E-state index >= 15 is 0 Å². The SMILES string of the molecule is CC.CCn1nc(C)cc1C(=O)Nc1nc2cc(C=O)cc(OC)c2n1C/C=C/Cn1c2nc(-c3cc(C)nn3CC)ncc2c2cc(C(N)=O)cc(OCCCN(C)C(=O)OC(C)(C)C)c21.CN. The molecule has 0 unspecified atom stereocenters. The van der Waals surface area contributed by atoms with E-state index in [0.29, 0.717) is 99.6 Å². The van der Waals surface area contributed by atoms with Crippen LogP contribution in [0.3, 0.4) is 0 Å². The zero-order chi connectivity index (χ0) is 50.7. The first-order valence-electron chi connectivity index (χ1n) is 22.9. The lowest BCUT2D eigenvalue weighted by molar-refractivity contribution is 0.0291. The molecule has 0 saturated heterocycles. The van der Waals surface area contributed by atoms with Crippen LogP contribution in [0.25, 0.3) is 44.5 Å². The van der Waals surface area contributed by atoms with Crippen LogP contribution in [0.4, 0.5) is 10.7 Å². The summed E-state index contributed by atoms with van der Waals surface area (Å²) in [6.45, 7) is 19.2. The molecule has 7 aromatic rings. The number of nitrogens with zero attached hydrogens (tertiary/aromatic N) is 10. The molecule has 0 radical (unpaired) electrons. The molecule has 0 aliphatic heterocycles. The molecule has 0 aliphatic rings. The first-order chi connectivity index (χ1) is 33.0. The van der Waals surface area contributed by atoms with Crippen LogP contribution in [0.2, 0.25) is 0 Å². The number of methoxy groups -OCH3 is 1. The summed E-state index contributed by atoms with van der Waals surface area (Å²) in [7, 11) is 4.67. The van der Waals surface area contributed by atoms with Crippen molar-refractivity contribution in [1.29, 1.82) is 0 Å². The number of anilines is 1. The minimum Gasteiger partial charge on any atom is -0.494 e. The summed E-state index contributed by atoms with van der Waals surface area (Å²) in [6.07, 6.45) is 6.32. The van der Waals surface area contributed by atoms with E-state index in [1.54, 1.807) is 52.8 Å². The van der Waals surface area contributed by atoms with E-state index in [0.717, 1.165) is 11.4 Å². The molecule has 0 spiro atoms. The Morgan fingerprint density at radius 1 is 0.855 bits per heavy atom. The summed E-state index contributed by atoms with van der Waals surface area (Å²) in [4.78, 5) is 67.1. The molecule has 0 aliphatic carbocycles. The Kier molecular flexibility index (Phi) is 17.4. The number of hydrogen-bond donors (Lipinski definition) is 3. The third kappa shape index (κ3) is 11.7. The summed E-state index contributed by atoms with van der Waals surface area (Å²) in [5, 5.41) is 13.3. The van der Waals surface area contributed by atoms with Crippen molar-refractivity contribution in [3.63, 3.8) is 0 Å². The van der Waals surface area contributed by atoms with Gasteiger partial charge in [0.05, 0.1) is 36.1 Å². The number of aromatic nitrogens is 9. The van der Waals surface area contributed by atoms with E-state index < -0.39 is 23.5 Å². The number of primary amides is 1. The highest BCUT2D eigenvalue weighted by Crippen LogP contribution is 2.37. The summed E-state index contributed by atoms with van der Waals surface area (Å²) < 4.78 is 24.9. The second kappa shape index (κ2) is 22.9. The average molecular weight is 948 g/mol. The van der Waals surface area contributed by atoms with Crippen LogP contribution in [0.5, 0.6) is 11.5 Å². The highest BCUT2D eigenvalue weighted by Gasteiger charge is 2.24. The number of nitrogens with two attached hydrogens (primary N) is 2. The Balaban J connectivity index is 0.00000216. The van der Waals surface area contributed by atoms with Crippen molar-refractivity contribution in [3.05, 3.63) is 83.0 Å². The first kappa shape index (κ1) is 52.4. The van der Waals surface area contributed by atoms with Crippen LogP contribution in [0.1, 0.15) is 97.5 Å². The molecule has 7 rings (SSSR count). The number of fused-ring (bicyclic) bond motifs is 4. The fraction of sp³-hybridized carbons (Fsp3) is 0.408. The number of aldehydes is 1. The fourth-order valence-corrected chi connectivity index (χ4v) is 7.64. The van der Waals surface area contributed by atoms with Gasteiger partial charge in [0.15, 0.2) is 5.82 Å². The number of ether oxygens (including phenoxy) is 3. The van der Waals surface area contributed by atoms with Gasteiger partial charge in [0.2, 0.25) is 11.9 Å². The minimum absolute atomic E-state index is 0.197. The van der Waals surface area contributed by atoms with Crippen molar-refractivity contribution in [2.75, 3.05) is 39.7 Å². The molecule has 3 amide bonds. The quantitative estimate of drug-likeness (QED) is 0.0461. The topological polar surface area (TPSA) is 247 Å². The Morgan fingerprint density at radius 2 is 1.52 bits per heavy atom. The molecule has 20 heteroatoms. The molecule has 0 atom stereocenters. The van der Waals surface area contributed by atoms with Gasteiger partial charge in [-0.2, -0.15) is 10.2 Å². The van der Waals surface area contributed by atoms with Crippen molar-refractivity contribution in [2.45, 2.75) is 101 Å². The molecule has 5 heterocycles. The van der Waals surface area contributed by atoms with Gasteiger partial charge < -0.3 is 39.7 Å². The van der Waals surface area contributed by atoms with Crippen molar-refractivity contribution in [1.82, 2.24) is 48.5 Å². The molecule has 0 fully saturated rings. The lowest BCUT2D eigenvalue weighted by Gasteiger charge is -2.24. The number of aryl methyl sites for hydroxylation is 4. The molecule has 368 valence electrons. The smallest absolute Gasteiger partial charge is 0.410 e.